The molecule has 0 aliphatic rings. The van der Waals surface area contributed by atoms with Crippen molar-refractivity contribution < 1.29 is 9.59 Å². The number of nitrogens with one attached hydrogen (secondary N) is 2. The van der Waals surface area contributed by atoms with Gasteiger partial charge in [0.2, 0.25) is 5.91 Å². The second kappa shape index (κ2) is 8.29. The second-order valence-corrected chi connectivity index (χ2v) is 5.87. The number of rotatable bonds is 6. The fourth-order valence-corrected chi connectivity index (χ4v) is 2.65. The summed E-state index contributed by atoms with van der Waals surface area (Å²) in [6.45, 7) is 5.87. The van der Waals surface area contributed by atoms with Crippen LogP contribution in [-0.4, -0.2) is 21.6 Å². The van der Waals surface area contributed by atoms with Crippen LogP contribution in [-0.2, 0) is 16.1 Å². The molecule has 0 radical (unpaired) electrons. The normalized spacial score (nSPS) is 11.8. The maximum atomic E-state index is 12.4. The van der Waals surface area contributed by atoms with Gasteiger partial charge in [-0.3, -0.25) is 25.1 Å². The molecule has 1 aromatic carbocycles. The first-order valence-electron chi connectivity index (χ1n) is 8.16. The van der Waals surface area contributed by atoms with E-state index in [0.717, 1.165) is 29.8 Å². The molecule has 0 aliphatic carbocycles. The van der Waals surface area contributed by atoms with Crippen molar-refractivity contribution >= 4 is 11.8 Å². The Labute approximate surface area is 142 Å². The van der Waals surface area contributed by atoms with Gasteiger partial charge in [-0.2, -0.15) is 5.10 Å². The number of carbonyl (C=O) groups excluding carboxylic acids is 2. The molecule has 0 saturated carbocycles. The summed E-state index contributed by atoms with van der Waals surface area (Å²) in [4.78, 5) is 24.4. The molecule has 1 aromatic heterocycles. The van der Waals surface area contributed by atoms with Gasteiger partial charge < -0.3 is 0 Å². The summed E-state index contributed by atoms with van der Waals surface area (Å²) in [7, 11) is 0. The van der Waals surface area contributed by atoms with E-state index < -0.39 is 0 Å². The molecule has 0 spiro atoms. The van der Waals surface area contributed by atoms with Gasteiger partial charge in [-0.15, -0.1) is 0 Å². The molecule has 1 atom stereocenters. The second-order valence-electron chi connectivity index (χ2n) is 5.87. The number of aromatic nitrogens is 2. The number of hydrazine groups is 1. The van der Waals surface area contributed by atoms with Crippen LogP contribution in [0.25, 0.3) is 0 Å². The summed E-state index contributed by atoms with van der Waals surface area (Å²) in [5, 5.41) is 4.23. The zero-order valence-electron chi connectivity index (χ0n) is 14.4. The molecule has 2 N–H and O–H groups in total. The van der Waals surface area contributed by atoms with Crippen LogP contribution in [0.2, 0.25) is 0 Å². The van der Waals surface area contributed by atoms with E-state index in [1.54, 1.807) is 4.68 Å². The van der Waals surface area contributed by atoms with E-state index in [1.807, 2.05) is 57.2 Å². The van der Waals surface area contributed by atoms with Crippen molar-refractivity contribution in [2.24, 2.45) is 0 Å². The molecule has 0 saturated heterocycles. The van der Waals surface area contributed by atoms with Crippen LogP contribution >= 0.6 is 0 Å². The fraction of sp³-hybridized carbons (Fsp3) is 0.389. The quantitative estimate of drug-likeness (QED) is 0.799. The van der Waals surface area contributed by atoms with Crippen molar-refractivity contribution in [1.82, 2.24) is 20.6 Å². The molecule has 6 nitrogen and oxygen atoms in total. The lowest BCUT2D eigenvalue weighted by Gasteiger charge is -2.17. The largest absolute Gasteiger partial charge is 0.273 e. The third-order valence-electron chi connectivity index (χ3n) is 3.82. The molecule has 1 heterocycles. The van der Waals surface area contributed by atoms with Crippen molar-refractivity contribution in [2.75, 3.05) is 0 Å². The summed E-state index contributed by atoms with van der Waals surface area (Å²) in [5.41, 5.74) is 7.72. The molecule has 0 unspecified atom stereocenters. The van der Waals surface area contributed by atoms with E-state index in [2.05, 4.69) is 16.0 Å². The molecule has 0 bridgehead atoms. The predicted molar refractivity (Wildman–Crippen MR) is 92.1 cm³/mol. The predicted octanol–water partition coefficient (Wildman–Crippen LogP) is 2.23. The standard InChI is InChI=1S/C18H24N4O2/c1-4-8-16(15-9-6-5-7-10-15)18(24)20-19-17(23)12-22-14(3)11-13(2)21-22/h5-7,9-11,16H,4,8,12H2,1-3H3,(H,19,23)(H,20,24)/t16-/m0/s1. The number of aryl methyl sites for hydroxylation is 2. The molecule has 2 aromatic rings. The average Bonchev–Trinajstić information content (AvgIpc) is 2.88. The Morgan fingerprint density at radius 3 is 2.46 bits per heavy atom. The number of nitrogens with zero attached hydrogens (tertiary/aromatic N) is 2. The fourth-order valence-electron chi connectivity index (χ4n) is 2.65. The molecule has 2 amide bonds. The van der Waals surface area contributed by atoms with Crippen molar-refractivity contribution in [3.63, 3.8) is 0 Å². The Morgan fingerprint density at radius 1 is 1.17 bits per heavy atom. The number of hydrogen-bond donors (Lipinski definition) is 2. The van der Waals surface area contributed by atoms with Gasteiger partial charge >= 0.3 is 0 Å². The minimum Gasteiger partial charge on any atom is -0.273 e. The monoisotopic (exact) mass is 328 g/mol. The van der Waals surface area contributed by atoms with Gasteiger partial charge in [-0.05, 0) is 31.9 Å². The van der Waals surface area contributed by atoms with Crippen molar-refractivity contribution in [2.45, 2.75) is 46.1 Å². The lowest BCUT2D eigenvalue weighted by Crippen LogP contribution is -2.45. The van der Waals surface area contributed by atoms with Gasteiger partial charge in [0.15, 0.2) is 0 Å². The maximum absolute atomic E-state index is 12.4. The topological polar surface area (TPSA) is 76.0 Å². The SMILES string of the molecule is CCC[C@H](C(=O)NNC(=O)Cn1nc(C)cc1C)c1ccccc1. The highest BCUT2D eigenvalue weighted by molar-refractivity contribution is 5.86. The van der Waals surface area contributed by atoms with Crippen LogP contribution < -0.4 is 10.9 Å². The van der Waals surface area contributed by atoms with Gasteiger partial charge in [0, 0.05) is 5.69 Å². The van der Waals surface area contributed by atoms with E-state index in [1.165, 1.54) is 0 Å². The summed E-state index contributed by atoms with van der Waals surface area (Å²) < 4.78 is 1.61. The van der Waals surface area contributed by atoms with Crippen LogP contribution in [0.4, 0.5) is 0 Å². The Bertz CT molecular complexity index is 694. The van der Waals surface area contributed by atoms with E-state index in [0.29, 0.717) is 0 Å². The summed E-state index contributed by atoms with van der Waals surface area (Å²) in [5.74, 6) is -0.784. The maximum Gasteiger partial charge on any atom is 0.260 e. The van der Waals surface area contributed by atoms with Crippen molar-refractivity contribution in [1.29, 1.82) is 0 Å². The number of benzene rings is 1. The lowest BCUT2D eigenvalue weighted by atomic mass is 9.94. The zero-order valence-corrected chi connectivity index (χ0v) is 14.4. The molecule has 0 fully saturated rings. The van der Waals surface area contributed by atoms with Crippen LogP contribution in [0.3, 0.4) is 0 Å². The highest BCUT2D eigenvalue weighted by Crippen LogP contribution is 2.20. The minimum atomic E-state index is -0.308. The molecule has 24 heavy (non-hydrogen) atoms. The van der Waals surface area contributed by atoms with Gasteiger partial charge in [-0.1, -0.05) is 43.7 Å². The van der Waals surface area contributed by atoms with Crippen molar-refractivity contribution in [3.05, 3.63) is 53.3 Å². The number of carbonyl (C=O) groups is 2. The highest BCUT2D eigenvalue weighted by atomic mass is 16.2. The van der Waals surface area contributed by atoms with Gasteiger partial charge in [0.05, 0.1) is 11.6 Å². The summed E-state index contributed by atoms with van der Waals surface area (Å²) in [6, 6.07) is 11.5. The van der Waals surface area contributed by atoms with Gasteiger partial charge in [0.25, 0.3) is 5.91 Å². The van der Waals surface area contributed by atoms with Gasteiger partial charge in [-0.25, -0.2) is 0 Å². The number of hydrogen-bond acceptors (Lipinski definition) is 3. The molecular formula is C18H24N4O2. The van der Waals surface area contributed by atoms with Crippen LogP contribution in [0.15, 0.2) is 36.4 Å². The Kier molecular flexibility index (Phi) is 6.12. The first-order chi connectivity index (χ1) is 11.5. The summed E-state index contributed by atoms with van der Waals surface area (Å²) >= 11 is 0. The van der Waals surface area contributed by atoms with Crippen LogP contribution in [0, 0.1) is 13.8 Å². The molecule has 6 heteroatoms. The third kappa shape index (κ3) is 4.68. The molecule has 0 aliphatic heterocycles. The average molecular weight is 328 g/mol. The van der Waals surface area contributed by atoms with E-state index in [-0.39, 0.29) is 24.3 Å². The zero-order chi connectivity index (χ0) is 17.5. The van der Waals surface area contributed by atoms with E-state index >= 15 is 0 Å². The first-order valence-corrected chi connectivity index (χ1v) is 8.16. The number of amides is 2. The Balaban J connectivity index is 1.93. The van der Waals surface area contributed by atoms with Crippen LogP contribution in [0.5, 0.6) is 0 Å². The third-order valence-corrected chi connectivity index (χ3v) is 3.82. The lowest BCUT2D eigenvalue weighted by molar-refractivity contribution is -0.130. The smallest absolute Gasteiger partial charge is 0.260 e. The minimum absolute atomic E-state index is 0.0731. The van der Waals surface area contributed by atoms with Crippen molar-refractivity contribution in [3.8, 4) is 0 Å². The van der Waals surface area contributed by atoms with E-state index in [9.17, 15) is 9.59 Å². The molecule has 128 valence electrons. The highest BCUT2D eigenvalue weighted by Gasteiger charge is 2.20. The van der Waals surface area contributed by atoms with Gasteiger partial charge in [0.1, 0.15) is 6.54 Å². The summed E-state index contributed by atoms with van der Waals surface area (Å²) in [6.07, 6.45) is 1.61. The molecular weight excluding hydrogens is 304 g/mol. The molecule has 2 rings (SSSR count). The Morgan fingerprint density at radius 2 is 1.88 bits per heavy atom. The Hall–Kier alpha value is -2.63. The van der Waals surface area contributed by atoms with E-state index in [4.69, 9.17) is 0 Å². The first kappa shape index (κ1) is 17.7. The van der Waals surface area contributed by atoms with Crippen LogP contribution in [0.1, 0.15) is 42.6 Å².